The summed E-state index contributed by atoms with van der Waals surface area (Å²) >= 11 is 0. The lowest BCUT2D eigenvalue weighted by molar-refractivity contribution is -0.127. The van der Waals surface area contributed by atoms with Gasteiger partial charge in [0.2, 0.25) is 5.91 Å². The van der Waals surface area contributed by atoms with E-state index in [9.17, 15) is 14.0 Å². The topological polar surface area (TPSA) is 73.2 Å². The summed E-state index contributed by atoms with van der Waals surface area (Å²) in [4.78, 5) is 27.6. The molecule has 0 unspecified atom stereocenters. The van der Waals surface area contributed by atoms with Gasteiger partial charge in [0.15, 0.2) is 0 Å². The highest BCUT2D eigenvalue weighted by Gasteiger charge is 2.49. The zero-order chi connectivity index (χ0) is 20.4. The van der Waals surface area contributed by atoms with Crippen molar-refractivity contribution >= 4 is 17.5 Å². The van der Waals surface area contributed by atoms with Gasteiger partial charge in [0.05, 0.1) is 17.0 Å². The number of halogens is 1. The largest absolute Gasteiger partial charge is 0.349 e. The Balaban J connectivity index is 1.48. The monoisotopic (exact) mass is 391 g/mol. The van der Waals surface area contributed by atoms with Gasteiger partial charge in [0.25, 0.3) is 5.91 Å². The zero-order valence-corrected chi connectivity index (χ0v) is 16.0. The van der Waals surface area contributed by atoms with Gasteiger partial charge in [-0.05, 0) is 62.1 Å². The van der Waals surface area contributed by atoms with Crippen molar-refractivity contribution in [3.05, 3.63) is 65.5 Å². The van der Waals surface area contributed by atoms with Crippen LogP contribution in [0.15, 0.2) is 48.5 Å². The Morgan fingerprint density at radius 3 is 2.83 bits per heavy atom. The van der Waals surface area contributed by atoms with Gasteiger partial charge in [-0.2, -0.15) is 5.26 Å². The summed E-state index contributed by atoms with van der Waals surface area (Å²) < 4.78 is 13.4. The molecule has 1 aliphatic heterocycles. The number of anilines is 1. The zero-order valence-electron chi connectivity index (χ0n) is 16.0. The molecular formula is C23H22FN3O2. The van der Waals surface area contributed by atoms with Crippen LogP contribution in [-0.4, -0.2) is 24.4 Å². The third-order valence-corrected chi connectivity index (χ3v) is 6.07. The van der Waals surface area contributed by atoms with E-state index in [-0.39, 0.29) is 23.4 Å². The summed E-state index contributed by atoms with van der Waals surface area (Å²) in [6.45, 7) is 0.609. The van der Waals surface area contributed by atoms with Crippen molar-refractivity contribution in [1.82, 2.24) is 5.32 Å². The van der Waals surface area contributed by atoms with Gasteiger partial charge in [-0.15, -0.1) is 0 Å². The van der Waals surface area contributed by atoms with E-state index >= 15 is 0 Å². The summed E-state index contributed by atoms with van der Waals surface area (Å²) in [7, 11) is 0. The van der Waals surface area contributed by atoms with Crippen LogP contribution in [0, 0.1) is 22.6 Å². The predicted molar refractivity (Wildman–Crippen MR) is 107 cm³/mol. The van der Waals surface area contributed by atoms with Gasteiger partial charge in [0, 0.05) is 23.8 Å². The molecule has 4 rings (SSSR count). The lowest BCUT2D eigenvalue weighted by Gasteiger charge is -2.37. The first-order valence-electron chi connectivity index (χ1n) is 9.89. The molecule has 29 heavy (non-hydrogen) atoms. The molecule has 2 amide bonds. The molecule has 2 atom stereocenters. The van der Waals surface area contributed by atoms with Crippen molar-refractivity contribution in [2.24, 2.45) is 5.41 Å². The molecule has 0 radical (unpaired) electrons. The summed E-state index contributed by atoms with van der Waals surface area (Å²) in [6.07, 6.45) is 3.77. The van der Waals surface area contributed by atoms with E-state index in [1.165, 1.54) is 18.2 Å². The van der Waals surface area contributed by atoms with E-state index in [4.69, 9.17) is 5.26 Å². The minimum Gasteiger partial charge on any atom is -0.349 e. The third kappa shape index (κ3) is 3.73. The van der Waals surface area contributed by atoms with Crippen molar-refractivity contribution < 1.29 is 14.0 Å². The summed E-state index contributed by atoms with van der Waals surface area (Å²) in [5.74, 6) is -0.688. The molecule has 2 fully saturated rings. The van der Waals surface area contributed by atoms with E-state index in [2.05, 4.69) is 11.4 Å². The maximum Gasteiger partial charge on any atom is 0.251 e. The van der Waals surface area contributed by atoms with Gasteiger partial charge in [-0.1, -0.05) is 18.6 Å². The predicted octanol–water partition coefficient (Wildman–Crippen LogP) is 3.79. The quantitative estimate of drug-likeness (QED) is 0.865. The normalized spacial score (nSPS) is 23.8. The highest BCUT2D eigenvalue weighted by Crippen LogP contribution is 2.46. The Bertz CT molecular complexity index is 1000. The number of nitrogens with one attached hydrogen (secondary N) is 1. The number of nitrogens with zero attached hydrogens (tertiary/aromatic N) is 2. The number of hydrogen-bond donors (Lipinski definition) is 1. The van der Waals surface area contributed by atoms with E-state index in [0.29, 0.717) is 18.5 Å². The summed E-state index contributed by atoms with van der Waals surface area (Å²) in [5.41, 5.74) is 1.08. The molecule has 5 nitrogen and oxygen atoms in total. The van der Waals surface area contributed by atoms with Crippen LogP contribution in [0.1, 0.15) is 48.0 Å². The second-order valence-corrected chi connectivity index (χ2v) is 7.93. The fourth-order valence-corrected chi connectivity index (χ4v) is 4.62. The third-order valence-electron chi connectivity index (χ3n) is 6.07. The second kappa shape index (κ2) is 7.67. The average Bonchev–Trinajstić information content (AvgIpc) is 3.03. The van der Waals surface area contributed by atoms with Crippen LogP contribution in [0.2, 0.25) is 0 Å². The van der Waals surface area contributed by atoms with Gasteiger partial charge in [-0.25, -0.2) is 4.39 Å². The molecule has 0 bridgehead atoms. The fraction of sp³-hybridized carbons (Fsp3) is 0.348. The van der Waals surface area contributed by atoms with Crippen molar-refractivity contribution in [3.63, 3.8) is 0 Å². The number of benzene rings is 2. The molecule has 2 aromatic carbocycles. The molecule has 1 spiro atoms. The Labute approximate surface area is 169 Å². The van der Waals surface area contributed by atoms with Crippen LogP contribution in [0.5, 0.6) is 0 Å². The Hall–Kier alpha value is -3.20. The van der Waals surface area contributed by atoms with Crippen LogP contribution >= 0.6 is 0 Å². The highest BCUT2D eigenvalue weighted by molar-refractivity contribution is 6.00. The molecule has 1 saturated carbocycles. The van der Waals surface area contributed by atoms with Crippen LogP contribution in [0.3, 0.4) is 0 Å². The van der Waals surface area contributed by atoms with Crippen molar-refractivity contribution in [3.8, 4) is 6.07 Å². The van der Waals surface area contributed by atoms with Crippen LogP contribution in [0.4, 0.5) is 10.1 Å². The van der Waals surface area contributed by atoms with Gasteiger partial charge < -0.3 is 10.2 Å². The van der Waals surface area contributed by atoms with E-state index < -0.39 is 11.2 Å². The van der Waals surface area contributed by atoms with E-state index in [0.717, 1.165) is 31.4 Å². The SMILES string of the molecule is N#Cc1cccc(N2CC[C@]3(CCC[C@@H](NC(=O)c4cccc(F)c4)C3)C2=O)c1. The molecule has 2 aromatic rings. The smallest absolute Gasteiger partial charge is 0.251 e. The van der Waals surface area contributed by atoms with Crippen LogP contribution in [-0.2, 0) is 4.79 Å². The Morgan fingerprint density at radius 1 is 1.21 bits per heavy atom. The Kier molecular flexibility index (Phi) is 5.06. The number of carbonyl (C=O) groups excluding carboxylic acids is 2. The van der Waals surface area contributed by atoms with Gasteiger partial charge >= 0.3 is 0 Å². The van der Waals surface area contributed by atoms with E-state index in [1.807, 2.05) is 6.07 Å². The van der Waals surface area contributed by atoms with Crippen molar-refractivity contribution in [2.75, 3.05) is 11.4 Å². The first-order chi connectivity index (χ1) is 14.0. The number of rotatable bonds is 3. The molecule has 1 saturated heterocycles. The number of amides is 2. The lowest BCUT2D eigenvalue weighted by Crippen LogP contribution is -2.46. The molecule has 148 valence electrons. The standard InChI is InChI=1S/C23H22FN3O2/c24-18-6-2-5-17(13-18)21(28)26-19-7-3-9-23(14-19)10-11-27(22(23)29)20-8-1-4-16(12-20)15-25/h1-2,4-6,8,12-13,19H,3,7,9-11,14H2,(H,26,28)/t19-,23+/m1/s1. The van der Waals surface area contributed by atoms with Crippen LogP contribution in [0.25, 0.3) is 0 Å². The van der Waals surface area contributed by atoms with Crippen LogP contribution < -0.4 is 10.2 Å². The fourth-order valence-electron chi connectivity index (χ4n) is 4.62. The van der Waals surface area contributed by atoms with E-state index in [1.54, 1.807) is 29.2 Å². The first-order valence-corrected chi connectivity index (χ1v) is 9.89. The minimum atomic E-state index is -0.485. The number of nitriles is 1. The van der Waals surface area contributed by atoms with Crippen molar-refractivity contribution in [1.29, 1.82) is 5.26 Å². The van der Waals surface area contributed by atoms with Gasteiger partial charge in [0.1, 0.15) is 5.82 Å². The first kappa shape index (κ1) is 19.1. The maximum absolute atomic E-state index is 13.4. The molecule has 1 heterocycles. The Morgan fingerprint density at radius 2 is 2.03 bits per heavy atom. The summed E-state index contributed by atoms with van der Waals surface area (Å²) in [5, 5.41) is 12.1. The molecule has 1 N–H and O–H groups in total. The highest BCUT2D eigenvalue weighted by atomic mass is 19.1. The molecule has 1 aliphatic carbocycles. The maximum atomic E-state index is 13.4. The minimum absolute atomic E-state index is 0.0669. The van der Waals surface area contributed by atoms with Gasteiger partial charge in [-0.3, -0.25) is 9.59 Å². The number of hydrogen-bond acceptors (Lipinski definition) is 3. The summed E-state index contributed by atoms with van der Waals surface area (Å²) in [6, 6.07) is 14.7. The molecule has 0 aromatic heterocycles. The molecular weight excluding hydrogens is 369 g/mol. The molecule has 2 aliphatic rings. The van der Waals surface area contributed by atoms with Crippen molar-refractivity contribution in [2.45, 2.75) is 38.1 Å². The second-order valence-electron chi connectivity index (χ2n) is 7.93. The lowest BCUT2D eigenvalue weighted by atomic mass is 9.71. The number of carbonyl (C=O) groups is 2. The molecule has 6 heteroatoms. The average molecular weight is 391 g/mol.